The number of dihydropyridines is 1. The molecule has 6 nitrogen and oxygen atoms in total. The molecule has 0 radical (unpaired) electrons. The number of carbonyl (C=O) groups is 2. The monoisotopic (exact) mass is 513 g/mol. The lowest BCUT2D eigenvalue weighted by Crippen LogP contribution is -2.36. The van der Waals surface area contributed by atoms with Crippen molar-refractivity contribution in [3.63, 3.8) is 0 Å². The highest BCUT2D eigenvalue weighted by Crippen LogP contribution is 2.47. The number of hydrogen-bond acceptors (Lipinski definition) is 6. The molecule has 5 rings (SSSR count). The SMILES string of the molecule is COc1ccccc1[C@H]1CC(=O)C2=C(C1)NC(C)=C(C(=O)OCc1cccc(F)c1)[C@H]2c1cccc(O)c1. The first kappa shape index (κ1) is 25.3. The van der Waals surface area contributed by atoms with Gasteiger partial charge in [0.05, 0.1) is 12.7 Å². The van der Waals surface area contributed by atoms with Crippen LogP contribution in [0.4, 0.5) is 4.39 Å². The molecule has 0 amide bonds. The predicted octanol–water partition coefficient (Wildman–Crippen LogP) is 5.64. The molecule has 2 aliphatic rings. The fourth-order valence-electron chi connectivity index (χ4n) is 5.42. The normalized spacial score (nSPS) is 19.1. The van der Waals surface area contributed by atoms with Crippen LogP contribution in [0.25, 0.3) is 0 Å². The van der Waals surface area contributed by atoms with Crippen LogP contribution in [0.5, 0.6) is 11.5 Å². The molecular weight excluding hydrogens is 485 g/mol. The van der Waals surface area contributed by atoms with Crippen molar-refractivity contribution in [2.24, 2.45) is 0 Å². The van der Waals surface area contributed by atoms with Crippen LogP contribution in [0.1, 0.15) is 48.3 Å². The number of Topliss-reactive ketones (excluding diaryl/α,β-unsaturated/α-hetero) is 1. The highest BCUT2D eigenvalue weighted by atomic mass is 19.1. The van der Waals surface area contributed by atoms with Crippen LogP contribution in [0, 0.1) is 5.82 Å². The van der Waals surface area contributed by atoms with Gasteiger partial charge in [0.2, 0.25) is 0 Å². The predicted molar refractivity (Wildman–Crippen MR) is 140 cm³/mol. The molecule has 1 aliphatic carbocycles. The molecule has 2 N–H and O–H groups in total. The summed E-state index contributed by atoms with van der Waals surface area (Å²) in [7, 11) is 1.61. The van der Waals surface area contributed by atoms with Gasteiger partial charge in [0.25, 0.3) is 0 Å². The largest absolute Gasteiger partial charge is 0.508 e. The number of benzene rings is 3. The Balaban J connectivity index is 1.52. The number of halogens is 1. The quantitative estimate of drug-likeness (QED) is 0.415. The van der Waals surface area contributed by atoms with E-state index in [9.17, 15) is 19.1 Å². The molecule has 0 bridgehead atoms. The molecule has 0 aromatic heterocycles. The second-order valence-electron chi connectivity index (χ2n) is 9.56. The van der Waals surface area contributed by atoms with E-state index in [-0.39, 0.29) is 36.1 Å². The number of phenols is 1. The summed E-state index contributed by atoms with van der Waals surface area (Å²) < 4.78 is 24.8. The minimum atomic E-state index is -0.718. The van der Waals surface area contributed by atoms with Gasteiger partial charge in [0, 0.05) is 35.2 Å². The summed E-state index contributed by atoms with van der Waals surface area (Å²) in [6.45, 7) is 1.66. The van der Waals surface area contributed by atoms with Crippen molar-refractivity contribution in [2.75, 3.05) is 7.11 Å². The van der Waals surface area contributed by atoms with Crippen LogP contribution < -0.4 is 10.1 Å². The minimum Gasteiger partial charge on any atom is -0.508 e. The lowest BCUT2D eigenvalue weighted by Gasteiger charge is -2.37. The van der Waals surface area contributed by atoms with Crippen molar-refractivity contribution < 1.29 is 28.6 Å². The van der Waals surface area contributed by atoms with E-state index in [1.165, 1.54) is 12.1 Å². The number of phenolic OH excluding ortho intramolecular Hbond substituents is 1. The van der Waals surface area contributed by atoms with Gasteiger partial charge in [-0.2, -0.15) is 0 Å². The smallest absolute Gasteiger partial charge is 0.337 e. The molecular formula is C31H28FNO5. The third-order valence-corrected chi connectivity index (χ3v) is 7.09. The summed E-state index contributed by atoms with van der Waals surface area (Å²) in [5, 5.41) is 13.5. The number of allylic oxidation sites excluding steroid dienone is 3. The van der Waals surface area contributed by atoms with Gasteiger partial charge in [-0.25, -0.2) is 9.18 Å². The van der Waals surface area contributed by atoms with Crippen molar-refractivity contribution in [1.29, 1.82) is 0 Å². The van der Waals surface area contributed by atoms with Crippen molar-refractivity contribution in [3.8, 4) is 11.5 Å². The first-order valence-corrected chi connectivity index (χ1v) is 12.4. The van der Waals surface area contributed by atoms with Gasteiger partial charge in [-0.1, -0.05) is 42.5 Å². The second-order valence-corrected chi connectivity index (χ2v) is 9.56. The molecule has 0 saturated carbocycles. The van der Waals surface area contributed by atoms with Crippen molar-refractivity contribution in [2.45, 2.75) is 38.2 Å². The van der Waals surface area contributed by atoms with Crippen molar-refractivity contribution in [3.05, 3.63) is 118 Å². The topological polar surface area (TPSA) is 84.9 Å². The molecule has 2 atom stereocenters. The Morgan fingerprint density at radius 3 is 2.61 bits per heavy atom. The third-order valence-electron chi connectivity index (χ3n) is 7.09. The highest BCUT2D eigenvalue weighted by Gasteiger charge is 2.42. The molecule has 194 valence electrons. The Morgan fingerprint density at radius 1 is 1.05 bits per heavy atom. The molecule has 7 heteroatoms. The van der Waals surface area contributed by atoms with Crippen LogP contribution in [-0.4, -0.2) is 24.0 Å². The number of methoxy groups -OCH3 is 1. The maximum atomic E-state index is 13.8. The lowest BCUT2D eigenvalue weighted by atomic mass is 9.71. The Hall–Kier alpha value is -4.39. The van der Waals surface area contributed by atoms with Crippen LogP contribution in [-0.2, 0) is 20.9 Å². The Morgan fingerprint density at radius 2 is 1.84 bits per heavy atom. The fraction of sp³-hybridized carbons (Fsp3) is 0.226. The van der Waals surface area contributed by atoms with E-state index in [1.807, 2.05) is 24.3 Å². The van der Waals surface area contributed by atoms with Crippen LogP contribution in [0.2, 0.25) is 0 Å². The van der Waals surface area contributed by atoms with Gasteiger partial charge in [-0.3, -0.25) is 4.79 Å². The van der Waals surface area contributed by atoms with E-state index in [1.54, 1.807) is 50.4 Å². The molecule has 3 aromatic rings. The zero-order valence-corrected chi connectivity index (χ0v) is 21.2. The van der Waals surface area contributed by atoms with Gasteiger partial charge in [0.15, 0.2) is 5.78 Å². The molecule has 1 heterocycles. The average Bonchev–Trinajstić information content (AvgIpc) is 2.91. The maximum Gasteiger partial charge on any atom is 0.337 e. The highest BCUT2D eigenvalue weighted by molar-refractivity contribution is 6.04. The van der Waals surface area contributed by atoms with Crippen molar-refractivity contribution in [1.82, 2.24) is 5.32 Å². The number of rotatable bonds is 6. The number of carbonyl (C=O) groups excluding carboxylic acids is 2. The summed E-state index contributed by atoms with van der Waals surface area (Å²) in [6, 6.07) is 20.1. The standard InChI is InChI=1S/C31H28FNO5/c1-18-28(31(36)38-17-19-7-5-9-22(32)13-19)29(20-8-6-10-23(34)14-20)30-25(33-18)15-21(16-26(30)35)24-11-3-4-12-27(24)37-2/h3-14,21,29,33-34H,15-17H2,1-2H3/t21-,29-/m1/s1. The van der Waals surface area contributed by atoms with Gasteiger partial charge in [-0.15, -0.1) is 0 Å². The number of aromatic hydroxyl groups is 1. The summed E-state index contributed by atoms with van der Waals surface area (Å²) >= 11 is 0. The van der Waals surface area contributed by atoms with Crippen molar-refractivity contribution >= 4 is 11.8 Å². The first-order valence-electron chi connectivity index (χ1n) is 12.4. The zero-order valence-electron chi connectivity index (χ0n) is 21.2. The average molecular weight is 514 g/mol. The molecule has 0 unspecified atom stereocenters. The molecule has 3 aromatic carbocycles. The number of ether oxygens (including phenoxy) is 2. The Kier molecular flexibility index (Phi) is 7.01. The van der Waals surface area contributed by atoms with Crippen LogP contribution in [0.3, 0.4) is 0 Å². The van der Waals surface area contributed by atoms with Crippen LogP contribution >= 0.6 is 0 Å². The Labute approximate surface area is 220 Å². The number of para-hydroxylation sites is 1. The minimum absolute atomic E-state index is 0.0310. The third kappa shape index (κ3) is 4.92. The van der Waals surface area contributed by atoms with Gasteiger partial charge < -0.3 is 19.9 Å². The van der Waals surface area contributed by atoms with E-state index in [2.05, 4.69) is 5.32 Å². The summed E-state index contributed by atoms with van der Waals surface area (Å²) in [4.78, 5) is 27.2. The molecule has 0 spiro atoms. The number of nitrogens with one attached hydrogen (secondary N) is 1. The lowest BCUT2D eigenvalue weighted by molar-refractivity contribution is -0.140. The first-order chi connectivity index (χ1) is 18.4. The summed E-state index contributed by atoms with van der Waals surface area (Å²) in [5.41, 5.74) is 4.16. The number of ketones is 1. The van der Waals surface area contributed by atoms with E-state index >= 15 is 0 Å². The van der Waals surface area contributed by atoms with Gasteiger partial charge in [-0.05, 0) is 60.4 Å². The van der Waals surface area contributed by atoms with Gasteiger partial charge >= 0.3 is 5.97 Å². The fourth-order valence-corrected chi connectivity index (χ4v) is 5.42. The summed E-state index contributed by atoms with van der Waals surface area (Å²) in [6.07, 6.45) is 0.806. The van der Waals surface area contributed by atoms with E-state index in [0.717, 1.165) is 17.0 Å². The molecule has 0 fully saturated rings. The zero-order chi connectivity index (χ0) is 26.8. The van der Waals surface area contributed by atoms with Gasteiger partial charge in [0.1, 0.15) is 23.9 Å². The number of esters is 1. The molecule has 38 heavy (non-hydrogen) atoms. The van der Waals surface area contributed by atoms with E-state index in [4.69, 9.17) is 9.47 Å². The second kappa shape index (κ2) is 10.5. The maximum absolute atomic E-state index is 13.8. The van der Waals surface area contributed by atoms with E-state index in [0.29, 0.717) is 28.8 Å². The molecule has 1 aliphatic heterocycles. The Bertz CT molecular complexity index is 1470. The number of hydrogen-bond donors (Lipinski definition) is 2. The van der Waals surface area contributed by atoms with Crippen LogP contribution in [0.15, 0.2) is 95.3 Å². The summed E-state index contributed by atoms with van der Waals surface area (Å²) in [5.74, 6) is -1.18. The molecule has 0 saturated heterocycles. The van der Waals surface area contributed by atoms with E-state index < -0.39 is 17.7 Å².